The van der Waals surface area contributed by atoms with Crippen LogP contribution in [0.15, 0.2) is 42.7 Å². The Kier molecular flexibility index (Phi) is 3.15. The van der Waals surface area contributed by atoms with E-state index >= 15 is 0 Å². The van der Waals surface area contributed by atoms with E-state index in [0.717, 1.165) is 12.2 Å². The molecule has 2 aromatic rings. The van der Waals surface area contributed by atoms with Crippen LogP contribution >= 0.6 is 0 Å². The van der Waals surface area contributed by atoms with Crippen molar-refractivity contribution in [3.63, 3.8) is 0 Å². The SMILES string of the molecule is CC(NCC1(C)CC1)c1cnn(-c2ccccc2)c1. The maximum atomic E-state index is 4.44. The minimum absolute atomic E-state index is 0.356. The molecular weight excluding hydrogens is 234 g/mol. The van der Waals surface area contributed by atoms with Crippen LogP contribution in [0.2, 0.25) is 0 Å². The van der Waals surface area contributed by atoms with Crippen LogP contribution in [0.25, 0.3) is 5.69 Å². The molecule has 0 amide bonds. The van der Waals surface area contributed by atoms with E-state index in [1.165, 1.54) is 18.4 Å². The molecule has 3 heteroatoms. The van der Waals surface area contributed by atoms with E-state index in [-0.39, 0.29) is 0 Å². The molecule has 0 aliphatic heterocycles. The highest BCUT2D eigenvalue weighted by molar-refractivity contribution is 5.31. The highest BCUT2D eigenvalue weighted by Gasteiger charge is 2.36. The van der Waals surface area contributed by atoms with E-state index in [1.807, 2.05) is 29.1 Å². The molecule has 0 saturated heterocycles. The van der Waals surface area contributed by atoms with Gasteiger partial charge in [-0.15, -0.1) is 0 Å². The lowest BCUT2D eigenvalue weighted by molar-refractivity contribution is 0.457. The Balaban J connectivity index is 1.67. The Bertz CT molecular complexity index is 540. The van der Waals surface area contributed by atoms with Gasteiger partial charge in [0.1, 0.15) is 0 Å². The number of hydrogen-bond acceptors (Lipinski definition) is 2. The smallest absolute Gasteiger partial charge is 0.0645 e. The van der Waals surface area contributed by atoms with Gasteiger partial charge >= 0.3 is 0 Å². The van der Waals surface area contributed by atoms with E-state index in [2.05, 4.69) is 42.6 Å². The Labute approximate surface area is 114 Å². The first kappa shape index (κ1) is 12.4. The molecule has 1 fully saturated rings. The summed E-state index contributed by atoms with van der Waals surface area (Å²) in [5.74, 6) is 0. The lowest BCUT2D eigenvalue weighted by Crippen LogP contribution is -2.25. The van der Waals surface area contributed by atoms with Gasteiger partial charge in [-0.25, -0.2) is 4.68 Å². The summed E-state index contributed by atoms with van der Waals surface area (Å²) >= 11 is 0. The van der Waals surface area contributed by atoms with Crippen molar-refractivity contribution in [1.29, 1.82) is 0 Å². The van der Waals surface area contributed by atoms with Crippen molar-refractivity contribution >= 4 is 0 Å². The van der Waals surface area contributed by atoms with Crippen molar-refractivity contribution in [3.05, 3.63) is 48.3 Å². The fraction of sp³-hybridized carbons (Fsp3) is 0.438. The number of aromatic nitrogens is 2. The maximum absolute atomic E-state index is 4.44. The number of rotatable bonds is 5. The van der Waals surface area contributed by atoms with Crippen LogP contribution in [0, 0.1) is 5.41 Å². The highest BCUT2D eigenvalue weighted by Crippen LogP contribution is 2.44. The van der Waals surface area contributed by atoms with Gasteiger partial charge in [-0.2, -0.15) is 5.10 Å². The molecule has 1 atom stereocenters. The van der Waals surface area contributed by atoms with Crippen LogP contribution in [0.3, 0.4) is 0 Å². The summed E-state index contributed by atoms with van der Waals surface area (Å²) in [5, 5.41) is 8.06. The van der Waals surface area contributed by atoms with Crippen LogP contribution in [0.1, 0.15) is 38.3 Å². The summed E-state index contributed by atoms with van der Waals surface area (Å²) in [6.07, 6.45) is 6.79. The Hall–Kier alpha value is -1.61. The topological polar surface area (TPSA) is 29.9 Å². The standard InChI is InChI=1S/C16H21N3/c1-13(17-12-16(2)8-9-16)14-10-18-19(11-14)15-6-4-3-5-7-15/h3-7,10-11,13,17H,8-9,12H2,1-2H3. The summed E-state index contributed by atoms with van der Waals surface area (Å²) < 4.78 is 1.94. The molecular formula is C16H21N3. The number of benzene rings is 1. The lowest BCUT2D eigenvalue weighted by atomic mass is 10.1. The molecule has 19 heavy (non-hydrogen) atoms. The quantitative estimate of drug-likeness (QED) is 0.888. The van der Waals surface area contributed by atoms with E-state index in [0.29, 0.717) is 11.5 Å². The average molecular weight is 255 g/mol. The van der Waals surface area contributed by atoms with Crippen LogP contribution in [0.4, 0.5) is 0 Å². The summed E-state index contributed by atoms with van der Waals surface area (Å²) in [4.78, 5) is 0. The van der Waals surface area contributed by atoms with Crippen molar-refractivity contribution in [2.24, 2.45) is 5.41 Å². The van der Waals surface area contributed by atoms with Crippen molar-refractivity contribution in [2.45, 2.75) is 32.7 Å². The molecule has 1 saturated carbocycles. The van der Waals surface area contributed by atoms with Crippen molar-refractivity contribution in [2.75, 3.05) is 6.54 Å². The molecule has 0 radical (unpaired) electrons. The molecule has 3 nitrogen and oxygen atoms in total. The first-order valence-corrected chi connectivity index (χ1v) is 7.00. The molecule has 1 unspecified atom stereocenters. The second-order valence-electron chi connectivity index (χ2n) is 5.97. The minimum atomic E-state index is 0.356. The van der Waals surface area contributed by atoms with Gasteiger partial charge in [0.05, 0.1) is 11.9 Å². The summed E-state index contributed by atoms with van der Waals surface area (Å²) in [5.41, 5.74) is 2.90. The maximum Gasteiger partial charge on any atom is 0.0645 e. The molecule has 100 valence electrons. The predicted molar refractivity (Wildman–Crippen MR) is 77.3 cm³/mol. The first-order chi connectivity index (χ1) is 9.16. The van der Waals surface area contributed by atoms with Gasteiger partial charge in [0.25, 0.3) is 0 Å². The summed E-state index contributed by atoms with van der Waals surface area (Å²) in [6, 6.07) is 10.6. The fourth-order valence-electron chi connectivity index (χ4n) is 2.19. The largest absolute Gasteiger partial charge is 0.310 e. The van der Waals surface area contributed by atoms with Crippen LogP contribution < -0.4 is 5.32 Å². The second-order valence-corrected chi connectivity index (χ2v) is 5.97. The molecule has 3 rings (SSSR count). The molecule has 1 N–H and O–H groups in total. The Morgan fingerprint density at radius 1 is 1.32 bits per heavy atom. The number of nitrogens with one attached hydrogen (secondary N) is 1. The first-order valence-electron chi connectivity index (χ1n) is 7.00. The number of para-hydroxylation sites is 1. The zero-order valence-electron chi connectivity index (χ0n) is 11.6. The minimum Gasteiger partial charge on any atom is -0.310 e. The van der Waals surface area contributed by atoms with E-state index in [9.17, 15) is 0 Å². The van der Waals surface area contributed by atoms with Crippen molar-refractivity contribution in [3.8, 4) is 5.69 Å². The Morgan fingerprint density at radius 3 is 2.74 bits per heavy atom. The molecule has 1 aromatic heterocycles. The van der Waals surface area contributed by atoms with Crippen LogP contribution in [-0.4, -0.2) is 16.3 Å². The summed E-state index contributed by atoms with van der Waals surface area (Å²) in [7, 11) is 0. The van der Waals surface area contributed by atoms with Crippen molar-refractivity contribution in [1.82, 2.24) is 15.1 Å². The third-order valence-electron chi connectivity index (χ3n) is 4.06. The zero-order chi connectivity index (χ0) is 13.3. The third-order valence-corrected chi connectivity index (χ3v) is 4.06. The lowest BCUT2D eigenvalue weighted by Gasteiger charge is -2.15. The van der Waals surface area contributed by atoms with Gasteiger partial charge in [-0.05, 0) is 37.3 Å². The molecule has 1 aromatic carbocycles. The molecule has 0 bridgehead atoms. The second kappa shape index (κ2) is 4.82. The number of nitrogens with zero attached hydrogens (tertiary/aromatic N) is 2. The van der Waals surface area contributed by atoms with E-state index in [1.54, 1.807) is 0 Å². The monoisotopic (exact) mass is 255 g/mol. The molecule has 0 spiro atoms. The zero-order valence-corrected chi connectivity index (χ0v) is 11.6. The fourth-order valence-corrected chi connectivity index (χ4v) is 2.19. The normalized spacial score (nSPS) is 18.2. The highest BCUT2D eigenvalue weighted by atomic mass is 15.3. The van der Waals surface area contributed by atoms with Crippen molar-refractivity contribution < 1.29 is 0 Å². The van der Waals surface area contributed by atoms with Gasteiger partial charge in [-0.1, -0.05) is 25.1 Å². The predicted octanol–water partition coefficient (Wildman–Crippen LogP) is 3.32. The van der Waals surface area contributed by atoms with E-state index in [4.69, 9.17) is 0 Å². The van der Waals surface area contributed by atoms with Crippen LogP contribution in [0.5, 0.6) is 0 Å². The van der Waals surface area contributed by atoms with E-state index < -0.39 is 0 Å². The van der Waals surface area contributed by atoms with Gasteiger partial charge in [0.2, 0.25) is 0 Å². The average Bonchev–Trinajstić information content (AvgIpc) is 2.99. The summed E-state index contributed by atoms with van der Waals surface area (Å²) in [6.45, 7) is 5.66. The van der Waals surface area contributed by atoms with Gasteiger partial charge in [-0.3, -0.25) is 0 Å². The number of hydrogen-bond donors (Lipinski definition) is 1. The van der Waals surface area contributed by atoms with Gasteiger partial charge in [0, 0.05) is 24.3 Å². The van der Waals surface area contributed by atoms with Crippen LogP contribution in [-0.2, 0) is 0 Å². The molecule has 1 aliphatic rings. The molecule has 1 heterocycles. The van der Waals surface area contributed by atoms with Gasteiger partial charge < -0.3 is 5.32 Å². The third kappa shape index (κ3) is 2.87. The van der Waals surface area contributed by atoms with Gasteiger partial charge in [0.15, 0.2) is 0 Å². The Morgan fingerprint density at radius 2 is 2.05 bits per heavy atom. The molecule has 1 aliphatic carbocycles.